The van der Waals surface area contributed by atoms with E-state index in [-0.39, 0.29) is 10.8 Å². The van der Waals surface area contributed by atoms with Crippen molar-refractivity contribution in [2.75, 3.05) is 7.05 Å². The Balaban J connectivity index is 3.03. The molecule has 1 rings (SSSR count). The standard InChI is InChI=1S/C12H15NO4S/c1-9-5-7-12(8-6-9)18(15,16)13(4)10(2)17-11(3)14/h5-8H,2H2,1,3-4H3. The minimum Gasteiger partial charge on any atom is -0.409 e. The third-order valence-electron chi connectivity index (χ3n) is 2.29. The molecule has 0 saturated heterocycles. The van der Waals surface area contributed by atoms with Crippen LogP contribution in [0, 0.1) is 6.92 Å². The molecule has 1 aromatic carbocycles. The molecule has 0 bridgehead atoms. The Morgan fingerprint density at radius 3 is 2.22 bits per heavy atom. The topological polar surface area (TPSA) is 63.7 Å². The van der Waals surface area contributed by atoms with Crippen LogP contribution in [0.5, 0.6) is 0 Å². The van der Waals surface area contributed by atoms with Crippen molar-refractivity contribution in [3.05, 3.63) is 42.3 Å². The van der Waals surface area contributed by atoms with E-state index in [1.165, 1.54) is 26.1 Å². The third kappa shape index (κ3) is 3.10. The lowest BCUT2D eigenvalue weighted by Gasteiger charge is -2.20. The van der Waals surface area contributed by atoms with E-state index < -0.39 is 16.0 Å². The van der Waals surface area contributed by atoms with Crippen LogP contribution in [0.25, 0.3) is 0 Å². The predicted octanol–water partition coefficient (Wildman–Crippen LogP) is 1.65. The Kier molecular flexibility index (Phi) is 4.13. The van der Waals surface area contributed by atoms with Gasteiger partial charge >= 0.3 is 5.97 Å². The lowest BCUT2D eigenvalue weighted by Crippen LogP contribution is -2.27. The van der Waals surface area contributed by atoms with Gasteiger partial charge in [-0.1, -0.05) is 17.7 Å². The summed E-state index contributed by atoms with van der Waals surface area (Å²) in [5.41, 5.74) is 0.954. The molecule has 0 spiro atoms. The summed E-state index contributed by atoms with van der Waals surface area (Å²) in [5.74, 6) is -0.853. The summed E-state index contributed by atoms with van der Waals surface area (Å²) >= 11 is 0. The van der Waals surface area contributed by atoms with Gasteiger partial charge in [0.2, 0.25) is 5.88 Å². The number of sulfonamides is 1. The van der Waals surface area contributed by atoms with E-state index in [9.17, 15) is 13.2 Å². The molecule has 1 aromatic rings. The maximum absolute atomic E-state index is 12.1. The van der Waals surface area contributed by atoms with Gasteiger partial charge in [-0.05, 0) is 25.6 Å². The zero-order chi connectivity index (χ0) is 13.9. The Labute approximate surface area is 107 Å². The highest BCUT2D eigenvalue weighted by atomic mass is 32.2. The first-order valence-corrected chi connectivity index (χ1v) is 6.62. The van der Waals surface area contributed by atoms with Crippen molar-refractivity contribution in [3.63, 3.8) is 0 Å². The lowest BCUT2D eigenvalue weighted by atomic mass is 10.2. The summed E-state index contributed by atoms with van der Waals surface area (Å²) in [7, 11) is -2.47. The van der Waals surface area contributed by atoms with Gasteiger partial charge < -0.3 is 4.74 Å². The van der Waals surface area contributed by atoms with Gasteiger partial charge in [-0.25, -0.2) is 12.7 Å². The monoisotopic (exact) mass is 269 g/mol. The molecule has 98 valence electrons. The maximum Gasteiger partial charge on any atom is 0.309 e. The van der Waals surface area contributed by atoms with Gasteiger partial charge in [0.15, 0.2) is 0 Å². The predicted molar refractivity (Wildman–Crippen MR) is 67.0 cm³/mol. The summed E-state index contributed by atoms with van der Waals surface area (Å²) in [6, 6.07) is 6.36. The van der Waals surface area contributed by atoms with Crippen LogP contribution in [-0.4, -0.2) is 25.7 Å². The number of esters is 1. The minimum absolute atomic E-state index is 0.115. The van der Waals surface area contributed by atoms with E-state index in [1.54, 1.807) is 12.1 Å². The third-order valence-corrected chi connectivity index (χ3v) is 4.08. The van der Waals surface area contributed by atoms with E-state index in [4.69, 9.17) is 0 Å². The average Bonchev–Trinajstić information content (AvgIpc) is 2.27. The number of carbonyl (C=O) groups excluding carboxylic acids is 1. The van der Waals surface area contributed by atoms with Gasteiger partial charge in [0.1, 0.15) is 0 Å². The van der Waals surface area contributed by atoms with Gasteiger partial charge in [-0.15, -0.1) is 0 Å². The summed E-state index contributed by atoms with van der Waals surface area (Å²) in [4.78, 5) is 10.9. The van der Waals surface area contributed by atoms with Gasteiger partial charge in [0.25, 0.3) is 10.0 Å². The second kappa shape index (κ2) is 5.22. The van der Waals surface area contributed by atoms with E-state index in [0.717, 1.165) is 9.87 Å². The number of rotatable bonds is 4. The molecular weight excluding hydrogens is 254 g/mol. The van der Waals surface area contributed by atoms with Crippen molar-refractivity contribution in [2.24, 2.45) is 0 Å². The lowest BCUT2D eigenvalue weighted by molar-refractivity contribution is -0.138. The average molecular weight is 269 g/mol. The summed E-state index contributed by atoms with van der Waals surface area (Å²) in [6.45, 7) is 6.44. The number of carbonyl (C=O) groups is 1. The molecule has 0 aliphatic rings. The van der Waals surface area contributed by atoms with Crippen LogP contribution in [0.3, 0.4) is 0 Å². The van der Waals surface area contributed by atoms with Crippen LogP contribution in [0.15, 0.2) is 41.6 Å². The number of aryl methyl sites for hydroxylation is 1. The molecule has 0 amide bonds. The van der Waals surface area contributed by atoms with Crippen LogP contribution in [0.1, 0.15) is 12.5 Å². The highest BCUT2D eigenvalue weighted by Gasteiger charge is 2.23. The first kappa shape index (κ1) is 14.2. The molecule has 0 unspecified atom stereocenters. The molecule has 0 aliphatic carbocycles. The van der Waals surface area contributed by atoms with Crippen molar-refractivity contribution >= 4 is 16.0 Å². The fourth-order valence-electron chi connectivity index (χ4n) is 1.23. The molecule has 5 nitrogen and oxygen atoms in total. The molecule has 0 radical (unpaired) electrons. The quantitative estimate of drug-likeness (QED) is 0.616. The maximum atomic E-state index is 12.1. The zero-order valence-corrected chi connectivity index (χ0v) is 11.3. The highest BCUT2D eigenvalue weighted by molar-refractivity contribution is 7.89. The summed E-state index contributed by atoms with van der Waals surface area (Å²) in [5, 5.41) is 0. The van der Waals surface area contributed by atoms with E-state index in [1.807, 2.05) is 6.92 Å². The first-order chi connectivity index (χ1) is 8.25. The Bertz CT molecular complexity index is 560. The van der Waals surface area contributed by atoms with Crippen LogP contribution in [0.4, 0.5) is 0 Å². The van der Waals surface area contributed by atoms with Crippen LogP contribution < -0.4 is 0 Å². The largest absolute Gasteiger partial charge is 0.409 e. The first-order valence-electron chi connectivity index (χ1n) is 5.18. The molecule has 0 fully saturated rings. The van der Waals surface area contributed by atoms with Gasteiger partial charge in [-0.2, -0.15) is 0 Å². The van der Waals surface area contributed by atoms with Gasteiger partial charge in [0, 0.05) is 14.0 Å². The fraction of sp³-hybridized carbons (Fsp3) is 0.250. The minimum atomic E-state index is -3.74. The zero-order valence-electron chi connectivity index (χ0n) is 10.5. The number of ether oxygens (including phenoxy) is 1. The summed E-state index contributed by atoms with van der Waals surface area (Å²) < 4.78 is 29.8. The number of benzene rings is 1. The molecule has 0 aliphatic heterocycles. The smallest absolute Gasteiger partial charge is 0.309 e. The van der Waals surface area contributed by atoms with E-state index in [2.05, 4.69) is 11.3 Å². The normalized spacial score (nSPS) is 10.8. The second-order valence-corrected chi connectivity index (χ2v) is 5.74. The molecular formula is C12H15NO4S. The highest BCUT2D eigenvalue weighted by Crippen LogP contribution is 2.18. The van der Waals surface area contributed by atoms with E-state index >= 15 is 0 Å². The number of hydrogen-bond acceptors (Lipinski definition) is 4. The Morgan fingerprint density at radius 1 is 1.28 bits per heavy atom. The van der Waals surface area contributed by atoms with Crippen molar-refractivity contribution in [3.8, 4) is 0 Å². The van der Waals surface area contributed by atoms with Crippen LogP contribution in [0.2, 0.25) is 0 Å². The van der Waals surface area contributed by atoms with Crippen molar-refractivity contribution in [1.82, 2.24) is 4.31 Å². The molecule has 18 heavy (non-hydrogen) atoms. The van der Waals surface area contributed by atoms with Crippen LogP contribution >= 0.6 is 0 Å². The Hall–Kier alpha value is -1.82. The van der Waals surface area contributed by atoms with Crippen LogP contribution in [-0.2, 0) is 19.6 Å². The molecule has 6 heteroatoms. The number of hydrogen-bond donors (Lipinski definition) is 0. The fourth-order valence-corrected chi connectivity index (χ4v) is 2.33. The molecule has 0 aromatic heterocycles. The molecule has 0 N–H and O–H groups in total. The molecule has 0 heterocycles. The molecule has 0 saturated carbocycles. The SMILES string of the molecule is C=C(OC(C)=O)N(C)S(=O)(=O)c1ccc(C)cc1. The van der Waals surface area contributed by atoms with E-state index in [0.29, 0.717) is 0 Å². The van der Waals surface area contributed by atoms with Gasteiger partial charge in [-0.3, -0.25) is 4.79 Å². The van der Waals surface area contributed by atoms with Crippen molar-refractivity contribution < 1.29 is 17.9 Å². The second-order valence-electron chi connectivity index (χ2n) is 3.77. The van der Waals surface area contributed by atoms with Crippen molar-refractivity contribution in [1.29, 1.82) is 0 Å². The Morgan fingerprint density at radius 2 is 1.78 bits per heavy atom. The van der Waals surface area contributed by atoms with Crippen molar-refractivity contribution in [2.45, 2.75) is 18.7 Å². The van der Waals surface area contributed by atoms with Gasteiger partial charge in [0.05, 0.1) is 4.90 Å². The molecule has 0 atom stereocenters. The summed E-state index contributed by atoms with van der Waals surface area (Å²) in [6.07, 6.45) is 0. The number of nitrogens with zero attached hydrogens (tertiary/aromatic N) is 1.